The van der Waals surface area contributed by atoms with Gasteiger partial charge in [0, 0.05) is 39.6 Å². The molecule has 0 saturated carbocycles. The predicted octanol–water partition coefficient (Wildman–Crippen LogP) is 5.77. The SMILES string of the molecule is CC/C=C\C=C(/C)CCN1C[C@H](C)CN=C1C(CCCC)=C1CCN(C(C)=O)CC1. The van der Waals surface area contributed by atoms with Crippen molar-refractivity contribution in [2.24, 2.45) is 10.9 Å². The molecule has 1 atom stereocenters. The Morgan fingerprint density at radius 2 is 1.90 bits per heavy atom. The van der Waals surface area contributed by atoms with Gasteiger partial charge in [-0.05, 0) is 56.9 Å². The number of rotatable bonds is 9. The molecule has 0 unspecified atom stereocenters. The molecule has 1 saturated heterocycles. The summed E-state index contributed by atoms with van der Waals surface area (Å²) in [6.45, 7) is 15.4. The van der Waals surface area contributed by atoms with Crippen LogP contribution in [0.3, 0.4) is 0 Å². The lowest BCUT2D eigenvalue weighted by molar-refractivity contribution is -0.129. The summed E-state index contributed by atoms with van der Waals surface area (Å²) in [6, 6.07) is 0. The fraction of sp³-hybridized carbons (Fsp3) is 0.692. The highest BCUT2D eigenvalue weighted by Crippen LogP contribution is 2.28. The molecular formula is C26H43N3O. The topological polar surface area (TPSA) is 35.9 Å². The molecule has 0 aromatic rings. The molecule has 0 radical (unpaired) electrons. The molecule has 2 aliphatic heterocycles. The molecule has 30 heavy (non-hydrogen) atoms. The third-order valence-corrected chi connectivity index (χ3v) is 6.20. The first-order valence-corrected chi connectivity index (χ1v) is 12.0. The van der Waals surface area contributed by atoms with Crippen LogP contribution in [-0.4, -0.2) is 54.3 Å². The van der Waals surface area contributed by atoms with Gasteiger partial charge in [-0.15, -0.1) is 0 Å². The summed E-state index contributed by atoms with van der Waals surface area (Å²) in [4.78, 5) is 21.4. The number of likely N-dealkylation sites (tertiary alicyclic amines) is 1. The Bertz CT molecular complexity index is 676. The van der Waals surface area contributed by atoms with Gasteiger partial charge in [0.05, 0.1) is 0 Å². The van der Waals surface area contributed by atoms with Crippen molar-refractivity contribution in [1.82, 2.24) is 9.80 Å². The van der Waals surface area contributed by atoms with Gasteiger partial charge >= 0.3 is 0 Å². The number of unbranched alkanes of at least 4 members (excludes halogenated alkanes) is 1. The van der Waals surface area contributed by atoms with Gasteiger partial charge in [-0.1, -0.05) is 56.6 Å². The van der Waals surface area contributed by atoms with Gasteiger partial charge in [-0.25, -0.2) is 0 Å². The number of hydrogen-bond donors (Lipinski definition) is 0. The summed E-state index contributed by atoms with van der Waals surface area (Å²) < 4.78 is 0. The number of carbonyl (C=O) groups excluding carboxylic acids is 1. The Hall–Kier alpha value is -1.84. The maximum atomic E-state index is 11.7. The maximum absolute atomic E-state index is 11.7. The molecule has 0 N–H and O–H groups in total. The van der Waals surface area contributed by atoms with E-state index < -0.39 is 0 Å². The number of hydrogen-bond acceptors (Lipinski definition) is 3. The summed E-state index contributed by atoms with van der Waals surface area (Å²) >= 11 is 0. The normalized spacial score (nSPS) is 20.7. The smallest absolute Gasteiger partial charge is 0.219 e. The lowest BCUT2D eigenvalue weighted by Gasteiger charge is -2.36. The number of carbonyl (C=O) groups is 1. The molecule has 4 nitrogen and oxygen atoms in total. The molecule has 1 fully saturated rings. The molecule has 2 rings (SSSR count). The van der Waals surface area contributed by atoms with Crippen molar-refractivity contribution < 1.29 is 4.79 Å². The molecular weight excluding hydrogens is 370 g/mol. The predicted molar refractivity (Wildman–Crippen MR) is 129 cm³/mol. The van der Waals surface area contributed by atoms with Gasteiger partial charge in [-0.3, -0.25) is 9.79 Å². The lowest BCUT2D eigenvalue weighted by atomic mass is 9.92. The minimum absolute atomic E-state index is 0.203. The first-order valence-electron chi connectivity index (χ1n) is 12.0. The van der Waals surface area contributed by atoms with Crippen molar-refractivity contribution in [2.75, 3.05) is 32.7 Å². The van der Waals surface area contributed by atoms with Gasteiger partial charge in [0.25, 0.3) is 0 Å². The van der Waals surface area contributed by atoms with E-state index in [0.29, 0.717) is 5.92 Å². The van der Waals surface area contributed by atoms with E-state index in [1.807, 2.05) is 4.90 Å². The molecule has 2 aliphatic rings. The summed E-state index contributed by atoms with van der Waals surface area (Å²) in [5, 5.41) is 0. The van der Waals surface area contributed by atoms with E-state index in [9.17, 15) is 4.79 Å². The van der Waals surface area contributed by atoms with E-state index in [4.69, 9.17) is 4.99 Å². The molecule has 0 aromatic heterocycles. The average molecular weight is 414 g/mol. The van der Waals surface area contributed by atoms with Crippen LogP contribution in [0.5, 0.6) is 0 Å². The first-order chi connectivity index (χ1) is 14.5. The highest BCUT2D eigenvalue weighted by molar-refractivity contribution is 5.99. The van der Waals surface area contributed by atoms with Gasteiger partial charge in [0.15, 0.2) is 0 Å². The Morgan fingerprint density at radius 3 is 2.53 bits per heavy atom. The number of amides is 1. The summed E-state index contributed by atoms with van der Waals surface area (Å²) in [5.41, 5.74) is 4.45. The summed E-state index contributed by atoms with van der Waals surface area (Å²) in [7, 11) is 0. The first kappa shape index (κ1) is 24.4. The van der Waals surface area contributed by atoms with Crippen LogP contribution in [0, 0.1) is 5.92 Å². The highest BCUT2D eigenvalue weighted by Gasteiger charge is 2.26. The van der Waals surface area contributed by atoms with Gasteiger partial charge in [0.1, 0.15) is 5.84 Å². The van der Waals surface area contributed by atoms with E-state index in [1.54, 1.807) is 6.92 Å². The van der Waals surface area contributed by atoms with Crippen LogP contribution < -0.4 is 0 Å². The Kier molecular flexibility index (Phi) is 10.4. The number of amidine groups is 1. The number of aliphatic imine (C=N–C) groups is 1. The van der Waals surface area contributed by atoms with Crippen molar-refractivity contribution in [2.45, 2.75) is 79.6 Å². The summed E-state index contributed by atoms with van der Waals surface area (Å²) in [6.07, 6.45) is 14.3. The third kappa shape index (κ3) is 7.45. The molecule has 1 amide bonds. The fourth-order valence-corrected chi connectivity index (χ4v) is 4.30. The minimum atomic E-state index is 0.203. The Labute approximate surface area is 184 Å². The van der Waals surface area contributed by atoms with E-state index in [-0.39, 0.29) is 5.91 Å². The quantitative estimate of drug-likeness (QED) is 0.450. The molecule has 2 heterocycles. The number of allylic oxidation sites excluding steroid dienone is 3. The van der Waals surface area contributed by atoms with E-state index >= 15 is 0 Å². The van der Waals surface area contributed by atoms with Crippen LogP contribution in [0.1, 0.15) is 79.6 Å². The monoisotopic (exact) mass is 413 g/mol. The van der Waals surface area contributed by atoms with Crippen LogP contribution in [0.2, 0.25) is 0 Å². The van der Waals surface area contributed by atoms with Crippen molar-refractivity contribution >= 4 is 11.7 Å². The zero-order valence-electron chi connectivity index (χ0n) is 20.0. The van der Waals surface area contributed by atoms with Crippen LogP contribution in [0.4, 0.5) is 0 Å². The van der Waals surface area contributed by atoms with Crippen LogP contribution in [0.25, 0.3) is 0 Å². The Morgan fingerprint density at radius 1 is 1.17 bits per heavy atom. The average Bonchev–Trinajstić information content (AvgIpc) is 2.74. The molecule has 0 aromatic carbocycles. The van der Waals surface area contributed by atoms with Gasteiger partial charge < -0.3 is 9.80 Å². The van der Waals surface area contributed by atoms with Gasteiger partial charge in [0.2, 0.25) is 5.91 Å². The van der Waals surface area contributed by atoms with Crippen LogP contribution in [-0.2, 0) is 4.79 Å². The molecule has 0 aliphatic carbocycles. The molecule has 0 bridgehead atoms. The zero-order chi connectivity index (χ0) is 21.9. The molecule has 4 heteroatoms. The number of piperidine rings is 1. The van der Waals surface area contributed by atoms with Crippen LogP contribution >= 0.6 is 0 Å². The largest absolute Gasteiger partial charge is 0.356 e. The van der Waals surface area contributed by atoms with Crippen LogP contribution in [0.15, 0.2) is 39.9 Å². The van der Waals surface area contributed by atoms with Gasteiger partial charge in [-0.2, -0.15) is 0 Å². The second-order valence-electron chi connectivity index (χ2n) is 9.01. The molecule has 0 spiro atoms. The highest BCUT2D eigenvalue weighted by atomic mass is 16.2. The molecule has 168 valence electrons. The third-order valence-electron chi connectivity index (χ3n) is 6.20. The Balaban J connectivity index is 2.19. The van der Waals surface area contributed by atoms with Crippen molar-refractivity contribution in [3.63, 3.8) is 0 Å². The fourth-order valence-electron chi connectivity index (χ4n) is 4.30. The minimum Gasteiger partial charge on any atom is -0.356 e. The van der Waals surface area contributed by atoms with Crippen molar-refractivity contribution in [3.8, 4) is 0 Å². The second-order valence-corrected chi connectivity index (χ2v) is 9.01. The maximum Gasteiger partial charge on any atom is 0.219 e. The van der Waals surface area contributed by atoms with Crippen molar-refractivity contribution in [1.29, 1.82) is 0 Å². The zero-order valence-corrected chi connectivity index (χ0v) is 20.0. The van der Waals surface area contributed by atoms with Crippen molar-refractivity contribution in [3.05, 3.63) is 34.9 Å². The van der Waals surface area contributed by atoms with E-state index in [1.165, 1.54) is 35.4 Å². The standard InChI is InChI=1S/C26H43N3O/c1-6-8-10-11-21(3)13-16-29-20-22(4)19-27-26(29)25(12-9-7-2)24-14-17-28(18-15-24)23(5)30/h8,10-11,22H,6-7,9,12-20H2,1-5H3/b10-8-,21-11+/t22-/m1/s1. The number of nitrogens with zero attached hydrogens (tertiary/aromatic N) is 3. The van der Waals surface area contributed by atoms with E-state index in [2.05, 4.69) is 50.8 Å². The van der Waals surface area contributed by atoms with E-state index in [0.717, 1.165) is 64.8 Å². The lowest BCUT2D eigenvalue weighted by Crippen LogP contribution is -2.42. The summed E-state index contributed by atoms with van der Waals surface area (Å²) in [5.74, 6) is 2.06. The second kappa shape index (κ2) is 12.8.